The molecule has 0 radical (unpaired) electrons. The standard InChI is InChI=1S/C18H26N2O3S/c1-12(17(22)23)15-16(21)20(14-10-6-3-7-11-14)18(24-15)19-13-8-4-2-5-9-13/h13-14H,2-11H2,1H3,(H,22,23)/b15-12+,19-18?. The predicted octanol–water partition coefficient (Wildman–Crippen LogP) is 3.94. The maximum atomic E-state index is 12.9. The Morgan fingerprint density at radius 1 is 1.08 bits per heavy atom. The second-order valence-corrected chi connectivity index (χ2v) is 8.01. The molecule has 2 saturated carbocycles. The van der Waals surface area contributed by atoms with Gasteiger partial charge in [0, 0.05) is 6.04 Å². The highest BCUT2D eigenvalue weighted by molar-refractivity contribution is 8.18. The van der Waals surface area contributed by atoms with Crippen LogP contribution in [-0.4, -0.2) is 39.1 Å². The van der Waals surface area contributed by atoms with Gasteiger partial charge in [-0.2, -0.15) is 0 Å². The molecule has 0 bridgehead atoms. The number of rotatable bonds is 3. The summed E-state index contributed by atoms with van der Waals surface area (Å²) in [4.78, 5) is 31.3. The third-order valence-electron chi connectivity index (χ3n) is 5.28. The maximum Gasteiger partial charge on any atom is 0.332 e. The van der Waals surface area contributed by atoms with Gasteiger partial charge in [-0.05, 0) is 44.4 Å². The second kappa shape index (κ2) is 7.72. The van der Waals surface area contributed by atoms with Gasteiger partial charge in [0.05, 0.1) is 16.5 Å². The van der Waals surface area contributed by atoms with Crippen LogP contribution in [-0.2, 0) is 9.59 Å². The number of nitrogens with zero attached hydrogens (tertiary/aromatic N) is 2. The zero-order valence-electron chi connectivity index (χ0n) is 14.3. The molecule has 1 N–H and O–H groups in total. The Bertz CT molecular complexity index is 573. The number of carboxylic acids is 1. The summed E-state index contributed by atoms with van der Waals surface area (Å²) in [5, 5.41) is 10.0. The van der Waals surface area contributed by atoms with Crippen LogP contribution in [0.1, 0.15) is 71.1 Å². The third kappa shape index (κ3) is 3.68. The number of amidine groups is 1. The van der Waals surface area contributed by atoms with E-state index >= 15 is 0 Å². The fraction of sp³-hybridized carbons (Fsp3) is 0.722. The summed E-state index contributed by atoms with van der Waals surface area (Å²) in [6.45, 7) is 1.52. The van der Waals surface area contributed by atoms with Gasteiger partial charge in [0.1, 0.15) is 0 Å². The molecule has 0 aromatic carbocycles. The van der Waals surface area contributed by atoms with Gasteiger partial charge in [0.25, 0.3) is 5.91 Å². The van der Waals surface area contributed by atoms with Crippen LogP contribution in [0.3, 0.4) is 0 Å². The number of carbonyl (C=O) groups excluding carboxylic acids is 1. The number of hydrogen-bond donors (Lipinski definition) is 1. The predicted molar refractivity (Wildman–Crippen MR) is 96.0 cm³/mol. The van der Waals surface area contributed by atoms with Crippen LogP contribution >= 0.6 is 11.8 Å². The summed E-state index contributed by atoms with van der Waals surface area (Å²) in [6.07, 6.45) is 11.3. The van der Waals surface area contributed by atoms with Crippen molar-refractivity contribution >= 4 is 28.8 Å². The highest BCUT2D eigenvalue weighted by Crippen LogP contribution is 2.38. The molecule has 132 valence electrons. The first-order valence-electron chi connectivity index (χ1n) is 9.11. The minimum atomic E-state index is -1.02. The van der Waals surface area contributed by atoms with Crippen LogP contribution < -0.4 is 0 Å². The Balaban J connectivity index is 1.90. The molecule has 3 rings (SSSR count). The first kappa shape index (κ1) is 17.5. The number of aliphatic imine (C=N–C) groups is 1. The van der Waals surface area contributed by atoms with Gasteiger partial charge in [-0.25, -0.2) is 4.79 Å². The SMILES string of the molecule is C/C(C(=O)O)=C1\SC(=NC2CCCCC2)N(C2CCCCC2)C1=O. The lowest BCUT2D eigenvalue weighted by atomic mass is 9.94. The average molecular weight is 350 g/mol. The molecule has 24 heavy (non-hydrogen) atoms. The van der Waals surface area contributed by atoms with Crippen molar-refractivity contribution in [1.29, 1.82) is 0 Å². The van der Waals surface area contributed by atoms with Crippen molar-refractivity contribution in [2.75, 3.05) is 0 Å². The fourth-order valence-electron chi connectivity index (χ4n) is 3.83. The molecule has 0 unspecified atom stereocenters. The largest absolute Gasteiger partial charge is 0.478 e. The first-order chi connectivity index (χ1) is 11.6. The maximum absolute atomic E-state index is 12.9. The van der Waals surface area contributed by atoms with Crippen molar-refractivity contribution in [3.05, 3.63) is 10.5 Å². The molecule has 0 spiro atoms. The molecule has 1 aliphatic heterocycles. The summed E-state index contributed by atoms with van der Waals surface area (Å²) in [5.74, 6) is -1.17. The van der Waals surface area contributed by atoms with Gasteiger partial charge in [0.2, 0.25) is 0 Å². The molecule has 5 nitrogen and oxygen atoms in total. The zero-order valence-corrected chi connectivity index (χ0v) is 15.1. The Morgan fingerprint density at radius 2 is 1.67 bits per heavy atom. The highest BCUT2D eigenvalue weighted by Gasteiger charge is 2.40. The molecule has 0 aromatic heterocycles. The van der Waals surface area contributed by atoms with E-state index in [0.717, 1.165) is 43.7 Å². The summed E-state index contributed by atoms with van der Waals surface area (Å²) in [7, 11) is 0. The quantitative estimate of drug-likeness (QED) is 0.783. The zero-order chi connectivity index (χ0) is 17.1. The number of amides is 1. The van der Waals surface area contributed by atoms with Gasteiger partial charge in [0.15, 0.2) is 5.17 Å². The lowest BCUT2D eigenvalue weighted by Crippen LogP contribution is -2.41. The van der Waals surface area contributed by atoms with E-state index in [2.05, 4.69) is 0 Å². The van der Waals surface area contributed by atoms with Crippen LogP contribution in [0.25, 0.3) is 0 Å². The molecular weight excluding hydrogens is 324 g/mol. The number of hydrogen-bond acceptors (Lipinski definition) is 4. The number of carbonyl (C=O) groups is 2. The third-order valence-corrected chi connectivity index (χ3v) is 6.45. The lowest BCUT2D eigenvalue weighted by molar-refractivity contribution is -0.133. The highest BCUT2D eigenvalue weighted by atomic mass is 32.2. The molecular formula is C18H26N2O3S. The minimum Gasteiger partial charge on any atom is -0.478 e. The van der Waals surface area contributed by atoms with Crippen LogP contribution in [0.4, 0.5) is 0 Å². The van der Waals surface area contributed by atoms with Gasteiger partial charge in [-0.1, -0.05) is 38.5 Å². The summed E-state index contributed by atoms with van der Waals surface area (Å²) < 4.78 is 0. The smallest absolute Gasteiger partial charge is 0.332 e. The Morgan fingerprint density at radius 3 is 2.25 bits per heavy atom. The Kier molecular flexibility index (Phi) is 5.64. The number of aliphatic carboxylic acids is 1. The van der Waals surface area contributed by atoms with Crippen LogP contribution in [0.2, 0.25) is 0 Å². The molecule has 2 aliphatic carbocycles. The lowest BCUT2D eigenvalue weighted by Gasteiger charge is -2.31. The summed E-state index contributed by atoms with van der Waals surface area (Å²) in [6, 6.07) is 0.463. The average Bonchev–Trinajstić information content (AvgIpc) is 2.92. The molecule has 0 aromatic rings. The first-order valence-corrected chi connectivity index (χ1v) is 9.93. The van der Waals surface area contributed by atoms with Crippen molar-refractivity contribution in [3.8, 4) is 0 Å². The molecule has 6 heteroatoms. The van der Waals surface area contributed by atoms with E-state index in [4.69, 9.17) is 4.99 Å². The summed E-state index contributed by atoms with van der Waals surface area (Å²) in [5.41, 5.74) is 0.139. The van der Waals surface area contributed by atoms with E-state index in [1.165, 1.54) is 44.4 Å². The minimum absolute atomic E-state index is 0.139. The molecule has 3 fully saturated rings. The molecule has 3 aliphatic rings. The van der Waals surface area contributed by atoms with E-state index in [1.807, 2.05) is 4.90 Å². The van der Waals surface area contributed by atoms with Gasteiger partial charge in [-0.15, -0.1) is 0 Å². The number of carboxylic acid groups (broad SMARTS) is 1. The van der Waals surface area contributed by atoms with Gasteiger partial charge < -0.3 is 5.11 Å². The van der Waals surface area contributed by atoms with E-state index in [9.17, 15) is 14.7 Å². The monoisotopic (exact) mass is 350 g/mol. The molecule has 1 amide bonds. The van der Waals surface area contributed by atoms with Crippen molar-refractivity contribution in [1.82, 2.24) is 4.90 Å². The van der Waals surface area contributed by atoms with Crippen molar-refractivity contribution in [2.45, 2.75) is 83.2 Å². The van der Waals surface area contributed by atoms with Crippen LogP contribution in [0, 0.1) is 0 Å². The van der Waals surface area contributed by atoms with E-state index in [-0.39, 0.29) is 23.6 Å². The molecule has 1 heterocycles. The normalized spacial score (nSPS) is 27.8. The van der Waals surface area contributed by atoms with Gasteiger partial charge >= 0.3 is 5.97 Å². The van der Waals surface area contributed by atoms with Crippen molar-refractivity contribution < 1.29 is 14.7 Å². The van der Waals surface area contributed by atoms with Gasteiger partial charge in [-0.3, -0.25) is 14.7 Å². The summed E-state index contributed by atoms with van der Waals surface area (Å²) >= 11 is 1.28. The van der Waals surface area contributed by atoms with E-state index in [1.54, 1.807) is 0 Å². The topological polar surface area (TPSA) is 70.0 Å². The fourth-order valence-corrected chi connectivity index (χ4v) is 4.97. The Hall–Kier alpha value is -1.30. The van der Waals surface area contributed by atoms with Crippen LogP contribution in [0.15, 0.2) is 15.5 Å². The second-order valence-electron chi connectivity index (χ2n) is 7.03. The molecule has 1 saturated heterocycles. The van der Waals surface area contributed by atoms with Crippen LogP contribution in [0.5, 0.6) is 0 Å². The van der Waals surface area contributed by atoms with Crippen molar-refractivity contribution in [3.63, 3.8) is 0 Å². The molecule has 0 atom stereocenters. The van der Waals surface area contributed by atoms with E-state index in [0.29, 0.717) is 4.91 Å². The van der Waals surface area contributed by atoms with E-state index < -0.39 is 5.97 Å². The number of thioether (sulfide) groups is 1. The Labute approximate surface area is 147 Å². The van der Waals surface area contributed by atoms with Crippen molar-refractivity contribution in [2.24, 2.45) is 4.99 Å².